The Hall–Kier alpha value is -2.97. The molecule has 0 atom stereocenters. The number of anilines is 1. The minimum absolute atomic E-state index is 0.166. The Morgan fingerprint density at radius 1 is 1.12 bits per heavy atom. The van der Waals surface area contributed by atoms with Crippen molar-refractivity contribution in [1.29, 1.82) is 5.26 Å². The number of amides is 1. The van der Waals surface area contributed by atoms with Crippen molar-refractivity contribution in [2.45, 2.75) is 0 Å². The molecular formula is C20H12BrFN2O. The second-order valence-electron chi connectivity index (χ2n) is 5.32. The fourth-order valence-electron chi connectivity index (χ4n) is 2.45. The third-order valence-corrected chi connectivity index (χ3v) is 4.15. The van der Waals surface area contributed by atoms with E-state index in [1.165, 1.54) is 18.2 Å². The highest BCUT2D eigenvalue weighted by Crippen LogP contribution is 2.24. The number of hydrogen-bond acceptors (Lipinski definition) is 2. The van der Waals surface area contributed by atoms with Gasteiger partial charge < -0.3 is 5.32 Å². The number of benzene rings is 3. The van der Waals surface area contributed by atoms with Crippen molar-refractivity contribution in [3.8, 4) is 6.07 Å². The Morgan fingerprint density at radius 2 is 1.88 bits per heavy atom. The zero-order valence-corrected chi connectivity index (χ0v) is 14.5. The van der Waals surface area contributed by atoms with Gasteiger partial charge in [-0.15, -0.1) is 0 Å². The quantitative estimate of drug-likeness (QED) is 0.484. The highest BCUT2D eigenvalue weighted by Gasteiger charge is 2.12. The first-order chi connectivity index (χ1) is 12.1. The Balaban J connectivity index is 1.94. The summed E-state index contributed by atoms with van der Waals surface area (Å²) in [6.07, 6.45) is 1.24. The molecule has 0 aromatic heterocycles. The first-order valence-electron chi connectivity index (χ1n) is 7.44. The number of nitrogens with zero attached hydrogens (tertiary/aromatic N) is 1. The van der Waals surface area contributed by atoms with Gasteiger partial charge in [-0.25, -0.2) is 4.39 Å². The van der Waals surface area contributed by atoms with E-state index in [0.717, 1.165) is 10.8 Å². The van der Waals surface area contributed by atoms with E-state index >= 15 is 0 Å². The summed E-state index contributed by atoms with van der Waals surface area (Å²) in [5.41, 5.74) is 0.586. The predicted octanol–water partition coefficient (Wildman–Crippen LogP) is 5.29. The van der Waals surface area contributed by atoms with E-state index in [-0.39, 0.29) is 11.1 Å². The highest BCUT2D eigenvalue weighted by atomic mass is 79.9. The van der Waals surface area contributed by atoms with E-state index in [4.69, 9.17) is 0 Å². The summed E-state index contributed by atoms with van der Waals surface area (Å²) in [5, 5.41) is 13.9. The van der Waals surface area contributed by atoms with E-state index in [9.17, 15) is 14.4 Å². The van der Waals surface area contributed by atoms with Crippen LogP contribution in [0, 0.1) is 17.1 Å². The molecule has 0 aliphatic heterocycles. The molecule has 1 amide bonds. The molecule has 3 nitrogen and oxygen atoms in total. The molecule has 1 N–H and O–H groups in total. The lowest BCUT2D eigenvalue weighted by Crippen LogP contribution is -2.13. The monoisotopic (exact) mass is 394 g/mol. The molecular weight excluding hydrogens is 383 g/mol. The molecule has 5 heteroatoms. The summed E-state index contributed by atoms with van der Waals surface area (Å²) in [4.78, 5) is 12.5. The van der Waals surface area contributed by atoms with Crippen LogP contribution in [-0.2, 0) is 4.79 Å². The van der Waals surface area contributed by atoms with Gasteiger partial charge in [0.1, 0.15) is 17.5 Å². The van der Waals surface area contributed by atoms with Gasteiger partial charge in [-0.2, -0.15) is 5.26 Å². The van der Waals surface area contributed by atoms with Crippen molar-refractivity contribution in [1.82, 2.24) is 0 Å². The number of carbonyl (C=O) groups excluding carboxylic acids is 1. The molecule has 3 rings (SSSR count). The molecule has 122 valence electrons. The standard InChI is InChI=1S/C20H12BrFN2O/c21-16-8-9-18(22)14(11-16)10-15(12-23)20(25)24-19-7-3-5-13-4-1-2-6-17(13)19/h1-11H,(H,24,25). The lowest BCUT2D eigenvalue weighted by atomic mass is 10.1. The molecule has 0 aliphatic rings. The summed E-state index contributed by atoms with van der Waals surface area (Å²) in [5.74, 6) is -1.09. The molecule has 0 saturated carbocycles. The van der Waals surface area contributed by atoms with Gasteiger partial charge >= 0.3 is 0 Å². The van der Waals surface area contributed by atoms with Crippen molar-refractivity contribution in [2.24, 2.45) is 0 Å². The maximum absolute atomic E-state index is 13.9. The molecule has 0 unspecified atom stereocenters. The number of halogens is 2. The van der Waals surface area contributed by atoms with Crippen LogP contribution < -0.4 is 5.32 Å². The fraction of sp³-hybridized carbons (Fsp3) is 0. The van der Waals surface area contributed by atoms with E-state index in [1.807, 2.05) is 42.5 Å². The van der Waals surface area contributed by atoms with Crippen LogP contribution in [0.15, 0.2) is 70.7 Å². The highest BCUT2D eigenvalue weighted by molar-refractivity contribution is 9.10. The van der Waals surface area contributed by atoms with Gasteiger partial charge in [0.15, 0.2) is 0 Å². The minimum Gasteiger partial charge on any atom is -0.321 e. The summed E-state index contributed by atoms with van der Waals surface area (Å²) >= 11 is 3.25. The third-order valence-electron chi connectivity index (χ3n) is 3.66. The second-order valence-corrected chi connectivity index (χ2v) is 6.23. The van der Waals surface area contributed by atoms with E-state index in [2.05, 4.69) is 21.2 Å². The molecule has 0 saturated heterocycles. The van der Waals surface area contributed by atoms with Crippen LogP contribution >= 0.6 is 15.9 Å². The molecule has 0 bridgehead atoms. The smallest absolute Gasteiger partial charge is 0.266 e. The van der Waals surface area contributed by atoms with Gasteiger partial charge in [-0.3, -0.25) is 4.79 Å². The number of hydrogen-bond donors (Lipinski definition) is 1. The second kappa shape index (κ2) is 7.29. The molecule has 3 aromatic rings. The SMILES string of the molecule is N#CC(=Cc1cc(Br)ccc1F)C(=O)Nc1cccc2ccccc12. The molecule has 0 heterocycles. The predicted molar refractivity (Wildman–Crippen MR) is 100 cm³/mol. The van der Waals surface area contributed by atoms with Crippen LogP contribution in [-0.4, -0.2) is 5.91 Å². The molecule has 0 fully saturated rings. The van der Waals surface area contributed by atoms with Crippen LogP contribution in [0.4, 0.5) is 10.1 Å². The molecule has 25 heavy (non-hydrogen) atoms. The fourth-order valence-corrected chi connectivity index (χ4v) is 2.83. The zero-order valence-electron chi connectivity index (χ0n) is 13.0. The Labute approximate surface area is 152 Å². The largest absolute Gasteiger partial charge is 0.321 e. The first kappa shape index (κ1) is 16.9. The zero-order chi connectivity index (χ0) is 17.8. The van der Waals surface area contributed by atoms with Gasteiger partial charge in [-0.05, 0) is 35.7 Å². The number of fused-ring (bicyclic) bond motifs is 1. The normalized spacial score (nSPS) is 11.2. The maximum atomic E-state index is 13.9. The molecule has 0 spiro atoms. The van der Waals surface area contributed by atoms with Crippen LogP contribution in [0.25, 0.3) is 16.8 Å². The Bertz CT molecular complexity index is 1030. The summed E-state index contributed by atoms with van der Waals surface area (Å²) in [6.45, 7) is 0. The number of nitrogens with one attached hydrogen (secondary N) is 1. The number of nitriles is 1. The van der Waals surface area contributed by atoms with E-state index in [0.29, 0.717) is 10.2 Å². The van der Waals surface area contributed by atoms with Crippen LogP contribution in [0.2, 0.25) is 0 Å². The van der Waals surface area contributed by atoms with Gasteiger partial charge in [0.05, 0.1) is 0 Å². The summed E-state index contributed by atoms with van der Waals surface area (Å²) in [6, 6.07) is 19.3. The third kappa shape index (κ3) is 3.76. The first-order valence-corrected chi connectivity index (χ1v) is 8.24. The van der Waals surface area contributed by atoms with Crippen molar-refractivity contribution in [2.75, 3.05) is 5.32 Å². The minimum atomic E-state index is -0.585. The lowest BCUT2D eigenvalue weighted by molar-refractivity contribution is -0.112. The molecule has 0 aliphatic carbocycles. The maximum Gasteiger partial charge on any atom is 0.266 e. The Kier molecular flexibility index (Phi) is 4.92. The van der Waals surface area contributed by atoms with Crippen molar-refractivity contribution in [3.05, 3.63) is 82.1 Å². The Morgan fingerprint density at radius 3 is 2.68 bits per heavy atom. The van der Waals surface area contributed by atoms with Crippen LogP contribution in [0.5, 0.6) is 0 Å². The van der Waals surface area contributed by atoms with Gasteiger partial charge in [0.2, 0.25) is 0 Å². The summed E-state index contributed by atoms with van der Waals surface area (Å²) in [7, 11) is 0. The average molecular weight is 395 g/mol. The van der Waals surface area contributed by atoms with Crippen LogP contribution in [0.3, 0.4) is 0 Å². The molecule has 0 radical (unpaired) electrons. The topological polar surface area (TPSA) is 52.9 Å². The van der Waals surface area contributed by atoms with Crippen molar-refractivity contribution >= 4 is 44.4 Å². The van der Waals surface area contributed by atoms with Gasteiger partial charge in [-0.1, -0.05) is 52.3 Å². The number of carbonyl (C=O) groups is 1. The van der Waals surface area contributed by atoms with Crippen molar-refractivity contribution < 1.29 is 9.18 Å². The van der Waals surface area contributed by atoms with Crippen molar-refractivity contribution in [3.63, 3.8) is 0 Å². The van der Waals surface area contributed by atoms with Crippen LogP contribution in [0.1, 0.15) is 5.56 Å². The molecule has 3 aromatic carbocycles. The van der Waals surface area contributed by atoms with Gasteiger partial charge in [0, 0.05) is 21.1 Å². The average Bonchev–Trinajstić information content (AvgIpc) is 2.62. The van der Waals surface area contributed by atoms with E-state index in [1.54, 1.807) is 12.1 Å². The summed E-state index contributed by atoms with van der Waals surface area (Å²) < 4.78 is 14.5. The number of rotatable bonds is 3. The lowest BCUT2D eigenvalue weighted by Gasteiger charge is -2.08. The van der Waals surface area contributed by atoms with Gasteiger partial charge in [0.25, 0.3) is 5.91 Å². The van der Waals surface area contributed by atoms with E-state index < -0.39 is 11.7 Å².